The van der Waals surface area contributed by atoms with Crippen LogP contribution in [0.25, 0.3) is 10.2 Å². The van der Waals surface area contributed by atoms with Gasteiger partial charge in [-0.3, -0.25) is 0 Å². The molecule has 0 aliphatic carbocycles. The van der Waals surface area contributed by atoms with Crippen molar-refractivity contribution in [3.8, 4) is 0 Å². The zero-order chi connectivity index (χ0) is 12.7. The number of hydrogen-bond acceptors (Lipinski definition) is 6. The van der Waals surface area contributed by atoms with Crippen molar-refractivity contribution in [3.05, 3.63) is 22.4 Å². The molecule has 1 aliphatic rings. The number of hydrogen-bond donors (Lipinski definition) is 2. The van der Waals surface area contributed by atoms with Crippen LogP contribution in [-0.4, -0.2) is 38.6 Å². The summed E-state index contributed by atoms with van der Waals surface area (Å²) in [6, 6.07) is 1.88. The summed E-state index contributed by atoms with van der Waals surface area (Å²) in [6.45, 7) is -0.187. The summed E-state index contributed by atoms with van der Waals surface area (Å²) in [5, 5.41) is 18.8. The van der Waals surface area contributed by atoms with Crippen LogP contribution in [0.3, 0.4) is 0 Å². The van der Waals surface area contributed by atoms with Crippen LogP contribution >= 0.6 is 23.6 Å². The quantitative estimate of drug-likeness (QED) is 0.817. The highest BCUT2D eigenvalue weighted by Crippen LogP contribution is 2.30. The number of thiazole rings is 1. The van der Waals surface area contributed by atoms with Crippen LogP contribution < -0.4 is 0 Å². The van der Waals surface area contributed by atoms with Crippen molar-refractivity contribution >= 4 is 33.8 Å². The second-order valence-electron chi connectivity index (χ2n) is 4.21. The molecule has 3 atom stereocenters. The van der Waals surface area contributed by atoms with Gasteiger partial charge in [0, 0.05) is 12.6 Å². The van der Waals surface area contributed by atoms with Gasteiger partial charge in [-0.2, -0.15) is 0 Å². The second kappa shape index (κ2) is 4.67. The topological polar surface area (TPSA) is 67.5 Å². The van der Waals surface area contributed by atoms with E-state index in [-0.39, 0.29) is 12.8 Å². The van der Waals surface area contributed by atoms with Crippen molar-refractivity contribution in [1.29, 1.82) is 0 Å². The maximum atomic E-state index is 9.74. The molecule has 1 saturated heterocycles. The Morgan fingerprint density at radius 1 is 1.61 bits per heavy atom. The lowest BCUT2D eigenvalue weighted by molar-refractivity contribution is -0.0447. The molecule has 18 heavy (non-hydrogen) atoms. The fraction of sp³-hybridized carbons (Fsp3) is 0.455. The molecule has 7 heteroatoms. The van der Waals surface area contributed by atoms with Crippen LogP contribution in [-0.2, 0) is 4.74 Å². The Balaban J connectivity index is 2.00. The maximum absolute atomic E-state index is 9.74. The van der Waals surface area contributed by atoms with Gasteiger partial charge in [-0.05, 0) is 6.07 Å². The van der Waals surface area contributed by atoms with E-state index in [0.717, 1.165) is 10.2 Å². The van der Waals surface area contributed by atoms with Gasteiger partial charge in [0.25, 0.3) is 0 Å². The van der Waals surface area contributed by atoms with Crippen molar-refractivity contribution in [1.82, 2.24) is 9.55 Å². The van der Waals surface area contributed by atoms with Gasteiger partial charge in [0.1, 0.15) is 17.0 Å². The third kappa shape index (κ3) is 1.88. The standard InChI is InChI=1S/C11H12N2O3S2/c14-4-8-7(15)3-9(16-8)13-2-1-6-10(11(13)17)18-5-12-6/h1-2,5,7-9,14-15H,3-4H2/t7-,8?,9?/m1/s1. The normalized spacial score (nSPS) is 28.0. The van der Waals surface area contributed by atoms with E-state index in [0.29, 0.717) is 11.1 Å². The van der Waals surface area contributed by atoms with Crippen LogP contribution in [0.1, 0.15) is 12.6 Å². The first-order valence-electron chi connectivity index (χ1n) is 5.59. The smallest absolute Gasteiger partial charge is 0.137 e. The van der Waals surface area contributed by atoms with Crippen molar-refractivity contribution < 1.29 is 14.9 Å². The molecule has 2 aromatic rings. The third-order valence-electron chi connectivity index (χ3n) is 3.11. The summed E-state index contributed by atoms with van der Waals surface area (Å²) >= 11 is 6.90. The highest BCUT2D eigenvalue weighted by atomic mass is 32.1. The third-order valence-corrected chi connectivity index (χ3v) is 4.50. The summed E-state index contributed by atoms with van der Waals surface area (Å²) in [7, 11) is 0. The van der Waals surface area contributed by atoms with Gasteiger partial charge in [-0.1, -0.05) is 12.2 Å². The zero-order valence-corrected chi connectivity index (χ0v) is 11.0. The lowest BCUT2D eigenvalue weighted by Crippen LogP contribution is -2.24. The monoisotopic (exact) mass is 284 g/mol. The Morgan fingerprint density at radius 3 is 3.17 bits per heavy atom. The summed E-state index contributed by atoms with van der Waals surface area (Å²) in [6.07, 6.45) is 0.745. The molecular formula is C11H12N2O3S2. The minimum Gasteiger partial charge on any atom is -0.394 e. The molecule has 2 N–H and O–H groups in total. The number of aromatic nitrogens is 2. The van der Waals surface area contributed by atoms with Crippen molar-refractivity contribution in [3.63, 3.8) is 0 Å². The van der Waals surface area contributed by atoms with Crippen LogP contribution in [0, 0.1) is 4.64 Å². The number of aliphatic hydroxyl groups excluding tert-OH is 2. The molecule has 0 spiro atoms. The van der Waals surface area contributed by atoms with Crippen molar-refractivity contribution in [2.45, 2.75) is 24.9 Å². The summed E-state index contributed by atoms with van der Waals surface area (Å²) in [5.41, 5.74) is 2.63. The highest BCUT2D eigenvalue weighted by molar-refractivity contribution is 7.71. The van der Waals surface area contributed by atoms with E-state index < -0.39 is 12.2 Å². The summed E-state index contributed by atoms with van der Waals surface area (Å²) < 4.78 is 9.01. The molecule has 5 nitrogen and oxygen atoms in total. The van der Waals surface area contributed by atoms with E-state index in [1.165, 1.54) is 11.3 Å². The molecule has 0 radical (unpaired) electrons. The average Bonchev–Trinajstić information content (AvgIpc) is 2.96. The Morgan fingerprint density at radius 2 is 2.44 bits per heavy atom. The predicted octanol–water partition coefficient (Wildman–Crippen LogP) is 1.47. The van der Waals surface area contributed by atoms with Gasteiger partial charge in [-0.15, -0.1) is 11.3 Å². The first kappa shape index (κ1) is 12.2. The van der Waals surface area contributed by atoms with E-state index in [9.17, 15) is 5.11 Å². The van der Waals surface area contributed by atoms with Crippen LogP contribution in [0.2, 0.25) is 0 Å². The minimum absolute atomic E-state index is 0.187. The average molecular weight is 284 g/mol. The molecule has 96 valence electrons. The molecule has 1 aliphatic heterocycles. The number of rotatable bonds is 2. The molecular weight excluding hydrogens is 272 g/mol. The number of pyridine rings is 1. The van der Waals surface area contributed by atoms with E-state index in [2.05, 4.69) is 4.98 Å². The van der Waals surface area contributed by atoms with Crippen LogP contribution in [0.4, 0.5) is 0 Å². The number of aliphatic hydroxyl groups is 2. The number of nitrogens with zero attached hydrogens (tertiary/aromatic N) is 2. The molecule has 2 unspecified atom stereocenters. The van der Waals surface area contributed by atoms with E-state index in [1.54, 1.807) is 5.51 Å². The lowest BCUT2D eigenvalue weighted by atomic mass is 10.2. The van der Waals surface area contributed by atoms with Gasteiger partial charge in [0.05, 0.1) is 28.4 Å². The molecule has 0 bridgehead atoms. The number of ether oxygens (including phenoxy) is 1. The highest BCUT2D eigenvalue weighted by Gasteiger charge is 2.34. The van der Waals surface area contributed by atoms with Gasteiger partial charge in [0.15, 0.2) is 0 Å². The van der Waals surface area contributed by atoms with Gasteiger partial charge in [0.2, 0.25) is 0 Å². The fourth-order valence-corrected chi connectivity index (χ4v) is 3.29. The predicted molar refractivity (Wildman–Crippen MR) is 70.1 cm³/mol. The van der Waals surface area contributed by atoms with E-state index >= 15 is 0 Å². The fourth-order valence-electron chi connectivity index (χ4n) is 2.15. The van der Waals surface area contributed by atoms with Gasteiger partial charge in [-0.25, -0.2) is 4.98 Å². The Labute approximate surface area is 112 Å². The molecule has 1 fully saturated rings. The van der Waals surface area contributed by atoms with Crippen LogP contribution in [0.5, 0.6) is 0 Å². The SMILES string of the molecule is OCC1OC(n2ccc3ncsc3c2=S)C[C@H]1O. The lowest BCUT2D eigenvalue weighted by Gasteiger charge is -2.15. The second-order valence-corrected chi connectivity index (χ2v) is 5.45. The zero-order valence-electron chi connectivity index (χ0n) is 9.39. The molecule has 2 aromatic heterocycles. The minimum atomic E-state index is -0.654. The maximum Gasteiger partial charge on any atom is 0.137 e. The molecule has 3 rings (SSSR count). The first-order chi connectivity index (χ1) is 8.70. The van der Waals surface area contributed by atoms with E-state index in [1.807, 2.05) is 16.8 Å². The Bertz CT molecular complexity index is 624. The van der Waals surface area contributed by atoms with Gasteiger partial charge < -0.3 is 19.5 Å². The summed E-state index contributed by atoms with van der Waals surface area (Å²) in [5.74, 6) is 0. The molecule has 0 amide bonds. The first-order valence-corrected chi connectivity index (χ1v) is 6.88. The van der Waals surface area contributed by atoms with Crippen molar-refractivity contribution in [2.75, 3.05) is 6.61 Å². The van der Waals surface area contributed by atoms with E-state index in [4.69, 9.17) is 22.1 Å². The van der Waals surface area contributed by atoms with Crippen molar-refractivity contribution in [2.24, 2.45) is 0 Å². The Hall–Kier alpha value is -0.860. The Kier molecular flexibility index (Phi) is 3.16. The molecule has 0 saturated carbocycles. The number of fused-ring (bicyclic) bond motifs is 1. The van der Waals surface area contributed by atoms with Crippen LogP contribution in [0.15, 0.2) is 17.8 Å². The summed E-state index contributed by atoms with van der Waals surface area (Å²) in [4.78, 5) is 4.20. The molecule has 0 aromatic carbocycles. The van der Waals surface area contributed by atoms with Gasteiger partial charge >= 0.3 is 0 Å². The largest absolute Gasteiger partial charge is 0.394 e. The molecule has 3 heterocycles.